The molecule has 2 heterocycles. The second-order valence-electron chi connectivity index (χ2n) is 7.52. The number of unbranched alkanes of at least 4 members (excludes halogenated alkanes) is 1. The average Bonchev–Trinajstić information content (AvgIpc) is 3.21. The van der Waals surface area contributed by atoms with Crippen LogP contribution < -0.4 is 26.6 Å². The number of nitrogens with two attached hydrogens (primary N) is 1. The third-order valence-corrected chi connectivity index (χ3v) is 5.16. The molecule has 0 saturated carbocycles. The molecule has 1 aromatic carbocycles. The first-order valence-electron chi connectivity index (χ1n) is 10.7. The van der Waals surface area contributed by atoms with Crippen molar-refractivity contribution in [3.8, 4) is 5.75 Å². The molecule has 0 aliphatic rings. The molecule has 9 heteroatoms. The number of rotatable bonds is 9. The smallest absolute Gasteiger partial charge is 0.330 e. The van der Waals surface area contributed by atoms with Gasteiger partial charge >= 0.3 is 5.69 Å². The number of H-pyrrole nitrogens is 1. The largest absolute Gasteiger partial charge is 0.496 e. The Labute approximate surface area is 191 Å². The van der Waals surface area contributed by atoms with Crippen molar-refractivity contribution in [2.24, 2.45) is 0 Å². The minimum Gasteiger partial charge on any atom is -0.496 e. The van der Waals surface area contributed by atoms with Crippen molar-refractivity contribution in [3.05, 3.63) is 80.4 Å². The van der Waals surface area contributed by atoms with Gasteiger partial charge in [0.1, 0.15) is 23.1 Å². The number of hydrogen-bond acceptors (Lipinski definition) is 6. The summed E-state index contributed by atoms with van der Waals surface area (Å²) < 4.78 is 12.2. The van der Waals surface area contributed by atoms with Gasteiger partial charge in [-0.15, -0.1) is 0 Å². The number of anilines is 2. The van der Waals surface area contributed by atoms with Gasteiger partial charge in [-0.3, -0.25) is 24.0 Å². The Bertz CT molecular complexity index is 1270. The summed E-state index contributed by atoms with van der Waals surface area (Å²) in [4.78, 5) is 42.0. The van der Waals surface area contributed by atoms with E-state index in [1.54, 1.807) is 43.3 Å². The van der Waals surface area contributed by atoms with Crippen LogP contribution in [0.3, 0.4) is 0 Å². The zero-order valence-electron chi connectivity index (χ0n) is 19.0. The highest BCUT2D eigenvalue weighted by atomic mass is 16.5. The Morgan fingerprint density at radius 3 is 2.67 bits per heavy atom. The summed E-state index contributed by atoms with van der Waals surface area (Å²) in [6.07, 6.45) is 4.33. The van der Waals surface area contributed by atoms with Crippen LogP contribution in [-0.2, 0) is 17.9 Å². The molecule has 2 aromatic heterocycles. The molecule has 0 fully saturated rings. The van der Waals surface area contributed by atoms with Gasteiger partial charge in [-0.2, -0.15) is 0 Å². The van der Waals surface area contributed by atoms with Crippen molar-refractivity contribution >= 4 is 23.5 Å². The molecule has 9 nitrogen and oxygen atoms in total. The van der Waals surface area contributed by atoms with Crippen LogP contribution in [0.5, 0.6) is 5.75 Å². The lowest BCUT2D eigenvalue weighted by molar-refractivity contribution is -0.114. The third kappa shape index (κ3) is 5.43. The fraction of sp³-hybridized carbons (Fsp3) is 0.292. The lowest BCUT2D eigenvalue weighted by Crippen LogP contribution is -2.40. The number of amides is 1. The number of methoxy groups -OCH3 is 1. The van der Waals surface area contributed by atoms with Gasteiger partial charge in [0.25, 0.3) is 11.5 Å². The maximum Gasteiger partial charge on any atom is 0.330 e. The van der Waals surface area contributed by atoms with Gasteiger partial charge in [0.2, 0.25) is 0 Å². The highest BCUT2D eigenvalue weighted by Gasteiger charge is 2.24. The lowest BCUT2D eigenvalue weighted by Gasteiger charge is -2.24. The number of hydrogen-bond donors (Lipinski definition) is 2. The molecule has 3 aromatic rings. The molecule has 0 aliphatic heterocycles. The van der Waals surface area contributed by atoms with Crippen LogP contribution in [0.2, 0.25) is 0 Å². The second-order valence-corrected chi connectivity index (χ2v) is 7.52. The monoisotopic (exact) mass is 452 g/mol. The van der Waals surface area contributed by atoms with E-state index >= 15 is 0 Å². The van der Waals surface area contributed by atoms with Crippen molar-refractivity contribution < 1.29 is 13.9 Å². The van der Waals surface area contributed by atoms with Gasteiger partial charge in [0, 0.05) is 18.2 Å². The Balaban J connectivity index is 2.10. The standard InChI is InChI=1S/C24H28N4O5/c1-4-5-14-27-22(25)21(23(30)26-24(27)31)28(15-17-8-6-7-9-19(17)32-3)20(29)13-12-18-11-10-16(2)33-18/h6-13H,4-5,14-15,25H2,1-3H3,(H,26,30,31). The molecule has 0 spiro atoms. The Kier molecular flexibility index (Phi) is 7.55. The summed E-state index contributed by atoms with van der Waals surface area (Å²) >= 11 is 0. The first-order chi connectivity index (χ1) is 15.8. The Morgan fingerprint density at radius 1 is 1.24 bits per heavy atom. The zero-order chi connectivity index (χ0) is 24.0. The molecule has 0 radical (unpaired) electrons. The summed E-state index contributed by atoms with van der Waals surface area (Å²) in [5.41, 5.74) is 5.50. The number of ether oxygens (including phenoxy) is 1. The summed E-state index contributed by atoms with van der Waals surface area (Å²) in [7, 11) is 1.52. The number of aromatic amines is 1. The summed E-state index contributed by atoms with van der Waals surface area (Å²) in [5, 5.41) is 0. The molecular formula is C24H28N4O5. The van der Waals surface area contributed by atoms with Crippen LogP contribution in [-0.4, -0.2) is 22.6 Å². The van der Waals surface area contributed by atoms with Crippen molar-refractivity contribution in [1.29, 1.82) is 0 Å². The van der Waals surface area contributed by atoms with Gasteiger partial charge in [-0.05, 0) is 37.6 Å². The fourth-order valence-corrected chi connectivity index (χ4v) is 3.43. The van der Waals surface area contributed by atoms with E-state index in [0.29, 0.717) is 35.8 Å². The molecule has 0 aliphatic carbocycles. The van der Waals surface area contributed by atoms with Gasteiger partial charge < -0.3 is 14.9 Å². The first kappa shape index (κ1) is 23.6. The molecule has 1 amide bonds. The number of aromatic nitrogens is 2. The van der Waals surface area contributed by atoms with E-state index in [9.17, 15) is 14.4 Å². The molecule has 174 valence electrons. The van der Waals surface area contributed by atoms with E-state index in [1.165, 1.54) is 28.7 Å². The van der Waals surface area contributed by atoms with Crippen LogP contribution in [0.15, 0.2) is 56.5 Å². The van der Waals surface area contributed by atoms with Crippen molar-refractivity contribution in [2.45, 2.75) is 39.8 Å². The van der Waals surface area contributed by atoms with Crippen molar-refractivity contribution in [3.63, 3.8) is 0 Å². The topological polar surface area (TPSA) is 124 Å². The van der Waals surface area contributed by atoms with Crippen LogP contribution in [0.25, 0.3) is 6.08 Å². The minimum absolute atomic E-state index is 0.00360. The van der Waals surface area contributed by atoms with Gasteiger partial charge in [-0.1, -0.05) is 31.5 Å². The van der Waals surface area contributed by atoms with Crippen molar-refractivity contribution in [1.82, 2.24) is 9.55 Å². The number of para-hydroxylation sites is 1. The SMILES string of the molecule is CCCCn1c(N)c(N(Cc2ccccc2OC)C(=O)C=Cc2ccc(C)o2)c(=O)[nH]c1=O. The van der Waals surface area contributed by atoms with E-state index < -0.39 is 17.2 Å². The zero-order valence-corrected chi connectivity index (χ0v) is 19.0. The molecule has 33 heavy (non-hydrogen) atoms. The highest BCUT2D eigenvalue weighted by molar-refractivity contribution is 6.04. The summed E-state index contributed by atoms with van der Waals surface area (Å²) in [6.45, 7) is 4.10. The minimum atomic E-state index is -0.740. The Hall–Kier alpha value is -4.01. The van der Waals surface area contributed by atoms with E-state index in [0.717, 1.165) is 6.42 Å². The van der Waals surface area contributed by atoms with Crippen LogP contribution in [0, 0.1) is 6.92 Å². The van der Waals surface area contributed by atoms with Gasteiger partial charge in [-0.25, -0.2) is 4.79 Å². The lowest BCUT2D eigenvalue weighted by atomic mass is 10.1. The number of carbonyl (C=O) groups excluding carboxylic acids is 1. The fourth-order valence-electron chi connectivity index (χ4n) is 3.43. The molecular weight excluding hydrogens is 424 g/mol. The number of nitrogens with one attached hydrogen (secondary N) is 1. The predicted octanol–water partition coefficient (Wildman–Crippen LogP) is 3.08. The number of nitrogen functional groups attached to an aromatic ring is 1. The molecule has 0 bridgehead atoms. The molecule has 0 unspecified atom stereocenters. The predicted molar refractivity (Wildman–Crippen MR) is 127 cm³/mol. The molecule has 3 N–H and O–H groups in total. The van der Waals surface area contributed by atoms with E-state index in [4.69, 9.17) is 14.9 Å². The van der Waals surface area contributed by atoms with Crippen LogP contribution >= 0.6 is 0 Å². The number of benzene rings is 1. The highest BCUT2D eigenvalue weighted by Crippen LogP contribution is 2.25. The van der Waals surface area contributed by atoms with Gasteiger partial charge in [0.05, 0.1) is 13.7 Å². The summed E-state index contributed by atoms with van der Waals surface area (Å²) in [5.74, 6) is 1.18. The number of furan rings is 1. The molecule has 0 saturated heterocycles. The normalized spacial score (nSPS) is 11.1. The molecule has 0 atom stereocenters. The molecule has 3 rings (SSSR count). The van der Waals surface area contributed by atoms with E-state index in [2.05, 4.69) is 4.98 Å². The van der Waals surface area contributed by atoms with Gasteiger partial charge in [0.15, 0.2) is 5.69 Å². The summed E-state index contributed by atoms with van der Waals surface area (Å²) in [6, 6.07) is 10.7. The average molecular weight is 453 g/mol. The maximum absolute atomic E-state index is 13.3. The van der Waals surface area contributed by atoms with E-state index in [1.807, 2.05) is 6.92 Å². The number of nitrogens with zero attached hydrogens (tertiary/aromatic N) is 2. The Morgan fingerprint density at radius 2 is 2.00 bits per heavy atom. The quantitative estimate of drug-likeness (QED) is 0.481. The first-order valence-corrected chi connectivity index (χ1v) is 10.7. The van der Waals surface area contributed by atoms with Crippen LogP contribution in [0.1, 0.15) is 36.8 Å². The van der Waals surface area contributed by atoms with Crippen LogP contribution in [0.4, 0.5) is 11.5 Å². The maximum atomic E-state index is 13.3. The second kappa shape index (κ2) is 10.5. The third-order valence-electron chi connectivity index (χ3n) is 5.16. The van der Waals surface area contributed by atoms with E-state index in [-0.39, 0.29) is 18.1 Å². The number of carbonyl (C=O) groups is 1. The van der Waals surface area contributed by atoms with Crippen molar-refractivity contribution in [2.75, 3.05) is 17.7 Å². The number of aryl methyl sites for hydroxylation is 1.